The standard InChI is InChI=1S/C27H28ClN3O6S/c1-18-13-14-20(38(35,36)31(2)3)15-23(18)29-25(32)17-37-26(33)16-24(19-9-5-4-6-10-19)30-27(34)21-11-7-8-12-22(21)28/h4-15,24H,16-17H2,1-3H3,(H,29,32)(H,30,34)/t24-/m1/s1. The van der Waals surface area contributed by atoms with Crippen molar-refractivity contribution in [3.63, 3.8) is 0 Å². The zero-order valence-corrected chi connectivity index (χ0v) is 22.7. The van der Waals surface area contributed by atoms with Crippen molar-refractivity contribution in [2.75, 3.05) is 26.0 Å². The normalized spacial score (nSPS) is 12.0. The highest BCUT2D eigenvalue weighted by Gasteiger charge is 2.22. The first-order valence-corrected chi connectivity index (χ1v) is 13.4. The van der Waals surface area contributed by atoms with Gasteiger partial charge in [-0.3, -0.25) is 14.4 Å². The van der Waals surface area contributed by atoms with Gasteiger partial charge in [-0.25, -0.2) is 12.7 Å². The predicted octanol–water partition coefficient (Wildman–Crippen LogP) is 3.94. The molecular weight excluding hydrogens is 530 g/mol. The lowest BCUT2D eigenvalue weighted by molar-refractivity contribution is -0.147. The minimum atomic E-state index is -3.70. The summed E-state index contributed by atoms with van der Waals surface area (Å²) in [5.41, 5.74) is 1.84. The maximum atomic E-state index is 12.8. The van der Waals surface area contributed by atoms with Crippen LogP contribution in [0.1, 0.15) is 33.9 Å². The lowest BCUT2D eigenvalue weighted by Crippen LogP contribution is -2.31. The van der Waals surface area contributed by atoms with Crippen LogP contribution in [-0.4, -0.2) is 51.2 Å². The second kappa shape index (κ2) is 12.7. The van der Waals surface area contributed by atoms with E-state index in [0.717, 1.165) is 4.31 Å². The number of esters is 1. The number of halogens is 1. The van der Waals surface area contributed by atoms with Gasteiger partial charge in [-0.15, -0.1) is 0 Å². The molecule has 38 heavy (non-hydrogen) atoms. The van der Waals surface area contributed by atoms with Crippen LogP contribution in [0.3, 0.4) is 0 Å². The van der Waals surface area contributed by atoms with Crippen LogP contribution in [0, 0.1) is 6.92 Å². The Labute approximate surface area is 226 Å². The summed E-state index contributed by atoms with van der Waals surface area (Å²) in [4.78, 5) is 37.9. The Balaban J connectivity index is 1.65. The van der Waals surface area contributed by atoms with Crippen LogP contribution in [-0.2, 0) is 24.3 Å². The lowest BCUT2D eigenvalue weighted by atomic mass is 10.0. The van der Waals surface area contributed by atoms with E-state index in [4.69, 9.17) is 16.3 Å². The number of aryl methyl sites for hydroxylation is 1. The molecule has 3 aromatic rings. The molecule has 0 spiro atoms. The second-order valence-electron chi connectivity index (χ2n) is 8.59. The maximum Gasteiger partial charge on any atom is 0.308 e. The van der Waals surface area contributed by atoms with Gasteiger partial charge in [0, 0.05) is 19.8 Å². The number of amides is 2. The fraction of sp³-hybridized carbons (Fsp3) is 0.222. The Kier molecular flexibility index (Phi) is 9.62. The molecule has 0 saturated heterocycles. The Hall–Kier alpha value is -3.73. The Bertz CT molecular complexity index is 1430. The number of ether oxygens (including phenoxy) is 1. The van der Waals surface area contributed by atoms with Gasteiger partial charge in [0.05, 0.1) is 27.9 Å². The summed E-state index contributed by atoms with van der Waals surface area (Å²) >= 11 is 6.13. The Morgan fingerprint density at radius 3 is 2.29 bits per heavy atom. The van der Waals surface area contributed by atoms with E-state index in [0.29, 0.717) is 11.1 Å². The summed E-state index contributed by atoms with van der Waals surface area (Å²) in [7, 11) is -0.878. The highest BCUT2D eigenvalue weighted by molar-refractivity contribution is 7.89. The fourth-order valence-corrected chi connectivity index (χ4v) is 4.63. The monoisotopic (exact) mass is 557 g/mol. The molecule has 0 unspecified atom stereocenters. The van der Waals surface area contributed by atoms with Crippen molar-refractivity contribution >= 4 is 45.1 Å². The molecule has 0 saturated carbocycles. The molecule has 11 heteroatoms. The average Bonchev–Trinajstić information content (AvgIpc) is 2.89. The van der Waals surface area contributed by atoms with E-state index in [9.17, 15) is 22.8 Å². The summed E-state index contributed by atoms with van der Waals surface area (Å²) in [6, 6.07) is 19.1. The number of nitrogens with one attached hydrogen (secondary N) is 2. The number of carbonyl (C=O) groups is 3. The third-order valence-corrected chi connectivity index (χ3v) is 7.76. The molecule has 1 atom stereocenters. The molecule has 0 radical (unpaired) electrons. The zero-order valence-electron chi connectivity index (χ0n) is 21.1. The molecule has 3 rings (SSSR count). The number of anilines is 1. The van der Waals surface area contributed by atoms with Gasteiger partial charge in [-0.1, -0.05) is 60.1 Å². The number of carbonyl (C=O) groups excluding carboxylic acids is 3. The highest BCUT2D eigenvalue weighted by atomic mass is 35.5. The van der Waals surface area contributed by atoms with E-state index < -0.39 is 40.5 Å². The van der Waals surface area contributed by atoms with Crippen LogP contribution in [0.15, 0.2) is 77.7 Å². The topological polar surface area (TPSA) is 122 Å². The van der Waals surface area contributed by atoms with E-state index in [1.807, 2.05) is 0 Å². The van der Waals surface area contributed by atoms with E-state index in [1.165, 1.54) is 26.2 Å². The van der Waals surface area contributed by atoms with Gasteiger partial charge < -0.3 is 15.4 Å². The zero-order chi connectivity index (χ0) is 27.9. The SMILES string of the molecule is Cc1ccc(S(=O)(=O)N(C)C)cc1NC(=O)COC(=O)C[C@@H](NC(=O)c1ccccc1Cl)c1ccccc1. The smallest absolute Gasteiger partial charge is 0.308 e. The molecule has 9 nitrogen and oxygen atoms in total. The van der Waals surface area contributed by atoms with Gasteiger partial charge in [0.15, 0.2) is 6.61 Å². The minimum absolute atomic E-state index is 0.0142. The van der Waals surface area contributed by atoms with E-state index in [2.05, 4.69) is 10.6 Å². The molecule has 3 aromatic carbocycles. The Morgan fingerprint density at radius 2 is 1.63 bits per heavy atom. The van der Waals surface area contributed by atoms with Crippen molar-refractivity contribution in [1.29, 1.82) is 0 Å². The molecule has 0 aliphatic rings. The van der Waals surface area contributed by atoms with Crippen LogP contribution in [0.5, 0.6) is 0 Å². The number of hydrogen-bond acceptors (Lipinski definition) is 6. The van der Waals surface area contributed by atoms with E-state index in [1.54, 1.807) is 67.6 Å². The first kappa shape index (κ1) is 28.8. The van der Waals surface area contributed by atoms with Crippen molar-refractivity contribution < 1.29 is 27.5 Å². The third-order valence-electron chi connectivity index (χ3n) is 5.62. The first-order valence-electron chi connectivity index (χ1n) is 11.6. The summed E-state index contributed by atoms with van der Waals surface area (Å²) in [5.74, 6) is -1.82. The second-order valence-corrected chi connectivity index (χ2v) is 11.2. The molecular formula is C27H28ClN3O6S. The molecule has 2 amide bonds. The predicted molar refractivity (Wildman–Crippen MR) is 144 cm³/mol. The molecule has 0 fully saturated rings. The molecule has 0 aliphatic heterocycles. The number of hydrogen-bond donors (Lipinski definition) is 2. The van der Waals surface area contributed by atoms with Crippen LogP contribution in [0.4, 0.5) is 5.69 Å². The maximum absolute atomic E-state index is 12.8. The van der Waals surface area contributed by atoms with Crippen molar-refractivity contribution in [3.8, 4) is 0 Å². The lowest BCUT2D eigenvalue weighted by Gasteiger charge is -2.19. The fourth-order valence-electron chi connectivity index (χ4n) is 3.48. The van der Waals surface area contributed by atoms with Crippen molar-refractivity contribution in [3.05, 3.63) is 94.5 Å². The summed E-state index contributed by atoms with van der Waals surface area (Å²) < 4.78 is 31.0. The number of rotatable bonds is 10. The molecule has 0 aromatic heterocycles. The van der Waals surface area contributed by atoms with Gasteiger partial charge in [0.25, 0.3) is 11.8 Å². The van der Waals surface area contributed by atoms with Gasteiger partial charge in [-0.2, -0.15) is 0 Å². The van der Waals surface area contributed by atoms with E-state index >= 15 is 0 Å². The van der Waals surface area contributed by atoms with Crippen molar-refractivity contribution in [2.45, 2.75) is 24.3 Å². The summed E-state index contributed by atoms with van der Waals surface area (Å²) in [5, 5.41) is 5.65. The number of benzene rings is 3. The van der Waals surface area contributed by atoms with Gasteiger partial charge in [0.2, 0.25) is 10.0 Å². The highest BCUT2D eigenvalue weighted by Crippen LogP contribution is 2.23. The summed E-state index contributed by atoms with van der Waals surface area (Å²) in [6.45, 7) is 1.11. The molecule has 200 valence electrons. The van der Waals surface area contributed by atoms with Crippen LogP contribution < -0.4 is 10.6 Å². The third kappa shape index (κ3) is 7.41. The van der Waals surface area contributed by atoms with Gasteiger partial charge in [-0.05, 0) is 42.3 Å². The average molecular weight is 558 g/mol. The van der Waals surface area contributed by atoms with Gasteiger partial charge in [0.1, 0.15) is 0 Å². The molecule has 2 N–H and O–H groups in total. The molecule has 0 bridgehead atoms. The van der Waals surface area contributed by atoms with Crippen molar-refractivity contribution in [2.24, 2.45) is 0 Å². The summed E-state index contributed by atoms with van der Waals surface area (Å²) in [6.07, 6.45) is -0.233. The number of sulfonamides is 1. The van der Waals surface area contributed by atoms with Gasteiger partial charge >= 0.3 is 5.97 Å². The quantitative estimate of drug-likeness (QED) is 0.364. The van der Waals surface area contributed by atoms with Crippen LogP contribution >= 0.6 is 11.6 Å². The number of nitrogens with zero attached hydrogens (tertiary/aromatic N) is 1. The molecule has 0 aliphatic carbocycles. The van der Waals surface area contributed by atoms with E-state index in [-0.39, 0.29) is 27.6 Å². The van der Waals surface area contributed by atoms with Crippen LogP contribution in [0.25, 0.3) is 0 Å². The first-order chi connectivity index (χ1) is 18.0. The largest absolute Gasteiger partial charge is 0.455 e. The minimum Gasteiger partial charge on any atom is -0.455 e. The van der Waals surface area contributed by atoms with Crippen molar-refractivity contribution in [1.82, 2.24) is 9.62 Å². The van der Waals surface area contributed by atoms with Crippen LogP contribution in [0.2, 0.25) is 5.02 Å². The Morgan fingerprint density at radius 1 is 0.974 bits per heavy atom. The molecule has 0 heterocycles.